The van der Waals surface area contributed by atoms with E-state index in [0.29, 0.717) is 6.42 Å². The smallest absolute Gasteiger partial charge is 0.0945 e. The van der Waals surface area contributed by atoms with Crippen molar-refractivity contribution in [1.82, 2.24) is 0 Å². The highest BCUT2D eigenvalue weighted by Crippen LogP contribution is 1.99. The molecule has 0 radical (unpaired) electrons. The van der Waals surface area contributed by atoms with Crippen LogP contribution in [0.1, 0.15) is 19.3 Å². The Morgan fingerprint density at radius 2 is 1.80 bits per heavy atom. The molecule has 0 fully saturated rings. The van der Waals surface area contributed by atoms with E-state index in [0.717, 1.165) is 18.2 Å². The number of hydrogen-bond donors (Lipinski definition) is 0. The van der Waals surface area contributed by atoms with E-state index in [1.165, 1.54) is 0 Å². The monoisotopic (exact) mass is 229 g/mol. The molecule has 0 spiro atoms. The van der Waals surface area contributed by atoms with E-state index in [2.05, 4.69) is 15.9 Å². The van der Waals surface area contributed by atoms with Gasteiger partial charge in [0, 0.05) is 11.1 Å². The largest absolute Gasteiger partial charge is 0.748 e. The molecule has 0 atom stereocenters. The normalized spacial score (nSPS) is 11.8. The second kappa shape index (κ2) is 5.09. The zero-order valence-electron chi connectivity index (χ0n) is 5.55. The summed E-state index contributed by atoms with van der Waals surface area (Å²) in [6, 6.07) is 0. The lowest BCUT2D eigenvalue weighted by atomic mass is 10.3. The molecule has 0 aliphatic heterocycles. The maximum absolute atomic E-state index is 10.0. The summed E-state index contributed by atoms with van der Waals surface area (Å²) >= 11 is 3.20. The highest BCUT2D eigenvalue weighted by Gasteiger charge is 1.93. The van der Waals surface area contributed by atoms with Gasteiger partial charge in [0.1, 0.15) is 0 Å². The number of unbranched alkanes of at least 4 members (excludes halogenated alkanes) is 2. The molecule has 0 aromatic carbocycles. The second-order valence-corrected chi connectivity index (χ2v) is 4.33. The van der Waals surface area contributed by atoms with E-state index in [4.69, 9.17) is 0 Å². The molecule has 5 heteroatoms. The van der Waals surface area contributed by atoms with Crippen molar-refractivity contribution in [2.45, 2.75) is 19.3 Å². The first kappa shape index (κ1) is 10.4. The first-order valence-corrected chi connectivity index (χ1v) is 5.75. The number of rotatable bonds is 5. The second-order valence-electron chi connectivity index (χ2n) is 2.01. The van der Waals surface area contributed by atoms with Gasteiger partial charge in [-0.2, -0.15) is 0 Å². The SMILES string of the molecule is O=S(=O)([O-])CCCCCBr. The first-order chi connectivity index (χ1) is 4.56. The van der Waals surface area contributed by atoms with Gasteiger partial charge in [-0.3, -0.25) is 0 Å². The number of alkyl halides is 1. The molecule has 0 saturated heterocycles. The summed E-state index contributed by atoms with van der Waals surface area (Å²) in [4.78, 5) is 0. The van der Waals surface area contributed by atoms with Gasteiger partial charge in [0.05, 0.1) is 10.1 Å². The summed E-state index contributed by atoms with van der Waals surface area (Å²) < 4.78 is 30.1. The molecule has 0 aromatic rings. The Bertz CT molecular complexity index is 164. The van der Waals surface area contributed by atoms with Crippen molar-refractivity contribution in [3.63, 3.8) is 0 Å². The fourth-order valence-corrected chi connectivity index (χ4v) is 1.50. The van der Waals surface area contributed by atoms with Crippen LogP contribution in [0.15, 0.2) is 0 Å². The highest BCUT2D eigenvalue weighted by atomic mass is 79.9. The zero-order valence-corrected chi connectivity index (χ0v) is 7.95. The van der Waals surface area contributed by atoms with E-state index in [1.54, 1.807) is 0 Å². The lowest BCUT2D eigenvalue weighted by Gasteiger charge is -2.04. The lowest BCUT2D eigenvalue weighted by Crippen LogP contribution is -2.03. The van der Waals surface area contributed by atoms with Crippen LogP contribution < -0.4 is 0 Å². The van der Waals surface area contributed by atoms with Gasteiger partial charge in [0.2, 0.25) is 0 Å². The van der Waals surface area contributed by atoms with Crippen LogP contribution in [0.3, 0.4) is 0 Å². The Balaban J connectivity index is 3.21. The van der Waals surface area contributed by atoms with Crippen LogP contribution in [0.25, 0.3) is 0 Å². The molecule has 0 aromatic heterocycles. The Morgan fingerprint density at radius 3 is 2.20 bits per heavy atom. The van der Waals surface area contributed by atoms with Gasteiger partial charge in [-0.05, 0) is 12.8 Å². The molecule has 62 valence electrons. The summed E-state index contributed by atoms with van der Waals surface area (Å²) in [5, 5.41) is 0.867. The van der Waals surface area contributed by atoms with Crippen LogP contribution in [-0.4, -0.2) is 24.1 Å². The van der Waals surface area contributed by atoms with Gasteiger partial charge < -0.3 is 4.55 Å². The van der Waals surface area contributed by atoms with Crippen LogP contribution in [0, 0.1) is 0 Å². The Kier molecular flexibility index (Phi) is 5.29. The first-order valence-electron chi connectivity index (χ1n) is 3.06. The van der Waals surface area contributed by atoms with E-state index in [9.17, 15) is 13.0 Å². The molecule has 3 nitrogen and oxygen atoms in total. The molecule has 10 heavy (non-hydrogen) atoms. The Morgan fingerprint density at radius 1 is 1.20 bits per heavy atom. The Labute approximate surface area is 69.7 Å². The number of hydrogen-bond acceptors (Lipinski definition) is 3. The highest BCUT2D eigenvalue weighted by molar-refractivity contribution is 9.09. The molecule has 0 amide bonds. The molecule has 0 saturated carbocycles. The van der Waals surface area contributed by atoms with Crippen molar-refractivity contribution in [2.24, 2.45) is 0 Å². The van der Waals surface area contributed by atoms with Gasteiger partial charge in [-0.1, -0.05) is 22.4 Å². The van der Waals surface area contributed by atoms with Crippen LogP contribution in [0.2, 0.25) is 0 Å². The minimum absolute atomic E-state index is 0.222. The van der Waals surface area contributed by atoms with Crippen molar-refractivity contribution in [2.75, 3.05) is 11.1 Å². The van der Waals surface area contributed by atoms with Gasteiger partial charge in [-0.25, -0.2) is 8.42 Å². The van der Waals surface area contributed by atoms with Gasteiger partial charge in [-0.15, -0.1) is 0 Å². The maximum atomic E-state index is 10.0. The third-order valence-corrected chi connectivity index (χ3v) is 2.38. The van der Waals surface area contributed by atoms with E-state index in [1.807, 2.05) is 0 Å². The molecule has 0 heterocycles. The minimum atomic E-state index is -3.97. The van der Waals surface area contributed by atoms with Crippen molar-refractivity contribution in [3.8, 4) is 0 Å². The molecular formula is C5H10BrO3S-. The topological polar surface area (TPSA) is 57.2 Å². The van der Waals surface area contributed by atoms with Crippen LogP contribution >= 0.6 is 15.9 Å². The molecule has 0 unspecified atom stereocenters. The molecule has 0 aliphatic carbocycles. The van der Waals surface area contributed by atoms with Crippen LogP contribution in [-0.2, 0) is 10.1 Å². The summed E-state index contributed by atoms with van der Waals surface area (Å²) in [6.07, 6.45) is 2.21. The van der Waals surface area contributed by atoms with E-state index in [-0.39, 0.29) is 5.75 Å². The van der Waals surface area contributed by atoms with E-state index >= 15 is 0 Å². The van der Waals surface area contributed by atoms with E-state index < -0.39 is 10.1 Å². The molecule has 0 rings (SSSR count). The van der Waals surface area contributed by atoms with Crippen LogP contribution in [0.4, 0.5) is 0 Å². The quantitative estimate of drug-likeness (QED) is 0.403. The molecule has 0 aliphatic rings. The van der Waals surface area contributed by atoms with Crippen molar-refractivity contribution >= 4 is 26.0 Å². The number of halogens is 1. The van der Waals surface area contributed by atoms with Crippen molar-refractivity contribution in [1.29, 1.82) is 0 Å². The molecule has 0 bridgehead atoms. The summed E-state index contributed by atoms with van der Waals surface area (Å²) in [7, 11) is -3.97. The molecule has 0 N–H and O–H groups in total. The Hall–Kier alpha value is 0.390. The summed E-state index contributed by atoms with van der Waals surface area (Å²) in [5.74, 6) is -0.222. The predicted octanol–water partition coefficient (Wildman–Crippen LogP) is 1.10. The average molecular weight is 230 g/mol. The summed E-state index contributed by atoms with van der Waals surface area (Å²) in [6.45, 7) is 0. The zero-order chi connectivity index (χ0) is 8.04. The third-order valence-electron chi connectivity index (χ3n) is 1.03. The lowest BCUT2D eigenvalue weighted by molar-refractivity contribution is 0.460. The maximum Gasteiger partial charge on any atom is 0.0945 e. The van der Waals surface area contributed by atoms with Crippen LogP contribution in [0.5, 0.6) is 0 Å². The average Bonchev–Trinajstić information content (AvgIpc) is 1.78. The van der Waals surface area contributed by atoms with Crippen molar-refractivity contribution < 1.29 is 13.0 Å². The van der Waals surface area contributed by atoms with Gasteiger partial charge in [0.25, 0.3) is 0 Å². The fraction of sp³-hybridized carbons (Fsp3) is 1.00. The predicted molar refractivity (Wildman–Crippen MR) is 42.2 cm³/mol. The standard InChI is InChI=1S/C5H11BrO3S/c6-4-2-1-3-5-10(7,8)9/h1-5H2,(H,7,8,9)/p-1. The van der Waals surface area contributed by atoms with Gasteiger partial charge in [0.15, 0.2) is 0 Å². The minimum Gasteiger partial charge on any atom is -0.748 e. The fourth-order valence-electron chi connectivity index (χ4n) is 0.550. The van der Waals surface area contributed by atoms with Crippen molar-refractivity contribution in [3.05, 3.63) is 0 Å². The summed E-state index contributed by atoms with van der Waals surface area (Å²) in [5.41, 5.74) is 0. The third kappa shape index (κ3) is 8.39. The molecular weight excluding hydrogens is 220 g/mol. The van der Waals surface area contributed by atoms with Gasteiger partial charge >= 0.3 is 0 Å².